The fraction of sp³-hybridized carbons (Fsp3) is 0.353. The molecule has 0 aliphatic carbocycles. The molecule has 0 spiro atoms. The molecule has 0 radical (unpaired) electrons. The van der Waals surface area contributed by atoms with Crippen LogP contribution in [0.25, 0.3) is 0 Å². The Morgan fingerprint density at radius 3 is 2.54 bits per heavy atom. The molecule has 9 heteroatoms. The maximum Gasteiger partial charge on any atom is 0.317 e. The number of nitrogens with zero attached hydrogens (tertiary/aromatic N) is 4. The van der Waals surface area contributed by atoms with Crippen molar-refractivity contribution in [2.45, 2.75) is 0 Å². The molecule has 1 fully saturated rings. The molecule has 3 rings (SSSR count). The van der Waals surface area contributed by atoms with Crippen molar-refractivity contribution >= 4 is 12.0 Å². The second kappa shape index (κ2) is 8.41. The van der Waals surface area contributed by atoms with E-state index in [1.165, 1.54) is 6.07 Å². The molecule has 0 atom stereocenters. The average Bonchev–Trinajstić information content (AvgIpc) is 2.68. The fourth-order valence-corrected chi connectivity index (χ4v) is 2.57. The lowest BCUT2D eigenvalue weighted by Crippen LogP contribution is -2.52. The number of hydrogen-bond acceptors (Lipinski definition) is 5. The summed E-state index contributed by atoms with van der Waals surface area (Å²) in [5.41, 5.74) is 0. The lowest BCUT2D eigenvalue weighted by atomic mass is 10.3. The van der Waals surface area contributed by atoms with Gasteiger partial charge in [0.2, 0.25) is 5.95 Å². The maximum absolute atomic E-state index is 13.1. The molecule has 0 bridgehead atoms. The molecule has 0 unspecified atom stereocenters. The summed E-state index contributed by atoms with van der Waals surface area (Å²) >= 11 is 0. The van der Waals surface area contributed by atoms with Crippen LogP contribution in [-0.4, -0.2) is 60.2 Å². The molecule has 2 amide bonds. The van der Waals surface area contributed by atoms with Gasteiger partial charge in [-0.25, -0.2) is 23.5 Å². The van der Waals surface area contributed by atoms with E-state index in [0.717, 1.165) is 12.1 Å². The van der Waals surface area contributed by atoms with Crippen molar-refractivity contribution in [1.29, 1.82) is 0 Å². The zero-order chi connectivity index (χ0) is 18.4. The minimum absolute atomic E-state index is 0.161. The molecule has 1 aliphatic rings. The molecule has 0 saturated carbocycles. The largest absolute Gasteiger partial charge is 0.492 e. The van der Waals surface area contributed by atoms with Gasteiger partial charge in [0.25, 0.3) is 0 Å². The van der Waals surface area contributed by atoms with Gasteiger partial charge in [-0.3, -0.25) is 0 Å². The standard InChI is InChI=1S/C17H19F2N5O2/c18-14-3-2-13(12-15(14)19)26-11-6-22-17(25)24-9-7-23(8-10-24)16-20-4-1-5-21-16/h1-5,12H,6-11H2,(H,22,25). The molecule has 2 aromatic rings. The van der Waals surface area contributed by atoms with Gasteiger partial charge in [0.05, 0.1) is 6.54 Å². The number of urea groups is 1. The molecule has 1 aliphatic heterocycles. The summed E-state index contributed by atoms with van der Waals surface area (Å²) < 4.78 is 31.2. The van der Waals surface area contributed by atoms with E-state index in [1.54, 1.807) is 23.4 Å². The van der Waals surface area contributed by atoms with Gasteiger partial charge in [0.15, 0.2) is 11.6 Å². The van der Waals surface area contributed by atoms with Crippen molar-refractivity contribution in [3.63, 3.8) is 0 Å². The highest BCUT2D eigenvalue weighted by atomic mass is 19.2. The molecule has 26 heavy (non-hydrogen) atoms. The predicted molar refractivity (Wildman–Crippen MR) is 91.1 cm³/mol. The van der Waals surface area contributed by atoms with Crippen molar-refractivity contribution in [3.05, 3.63) is 48.3 Å². The second-order valence-corrected chi connectivity index (χ2v) is 5.68. The summed E-state index contributed by atoms with van der Waals surface area (Å²) in [4.78, 5) is 24.3. The molecule has 1 saturated heterocycles. The number of aromatic nitrogens is 2. The van der Waals surface area contributed by atoms with Gasteiger partial charge in [-0.15, -0.1) is 0 Å². The number of piperazine rings is 1. The van der Waals surface area contributed by atoms with Crippen molar-refractivity contribution in [1.82, 2.24) is 20.2 Å². The second-order valence-electron chi connectivity index (χ2n) is 5.68. The number of carbonyl (C=O) groups excluding carboxylic acids is 1. The Hall–Kier alpha value is -2.97. The van der Waals surface area contributed by atoms with Gasteiger partial charge in [0.1, 0.15) is 12.4 Å². The van der Waals surface area contributed by atoms with Crippen LogP contribution in [0.2, 0.25) is 0 Å². The fourth-order valence-electron chi connectivity index (χ4n) is 2.57. The highest BCUT2D eigenvalue weighted by Crippen LogP contribution is 2.15. The molecule has 2 heterocycles. The van der Waals surface area contributed by atoms with E-state index < -0.39 is 11.6 Å². The molecule has 1 aromatic carbocycles. The van der Waals surface area contributed by atoms with Crippen LogP contribution in [0.3, 0.4) is 0 Å². The van der Waals surface area contributed by atoms with Gasteiger partial charge in [0, 0.05) is 44.6 Å². The molecule has 1 N–H and O–H groups in total. The van der Waals surface area contributed by atoms with E-state index in [4.69, 9.17) is 4.74 Å². The van der Waals surface area contributed by atoms with Crippen LogP contribution in [-0.2, 0) is 0 Å². The molecule has 1 aromatic heterocycles. The van der Waals surface area contributed by atoms with Crippen molar-refractivity contribution in [3.8, 4) is 5.75 Å². The number of halogens is 2. The Bertz CT molecular complexity index is 739. The number of hydrogen-bond donors (Lipinski definition) is 1. The monoisotopic (exact) mass is 363 g/mol. The first-order valence-corrected chi connectivity index (χ1v) is 8.26. The minimum atomic E-state index is -0.966. The number of ether oxygens (including phenoxy) is 1. The number of amides is 2. The van der Waals surface area contributed by atoms with Gasteiger partial charge < -0.3 is 19.9 Å². The summed E-state index contributed by atoms with van der Waals surface area (Å²) in [5, 5.41) is 2.75. The number of nitrogens with one attached hydrogen (secondary N) is 1. The number of rotatable bonds is 5. The third-order valence-electron chi connectivity index (χ3n) is 3.94. The van der Waals surface area contributed by atoms with Crippen molar-refractivity contribution in [2.24, 2.45) is 0 Å². The Balaban J connectivity index is 1.37. The van der Waals surface area contributed by atoms with Crippen molar-refractivity contribution in [2.75, 3.05) is 44.2 Å². The lowest BCUT2D eigenvalue weighted by molar-refractivity contribution is 0.191. The number of benzene rings is 1. The van der Waals surface area contributed by atoms with Crippen LogP contribution >= 0.6 is 0 Å². The van der Waals surface area contributed by atoms with Crippen LogP contribution in [0.4, 0.5) is 19.5 Å². The predicted octanol–water partition coefficient (Wildman–Crippen LogP) is 1.67. The van der Waals surface area contributed by atoms with E-state index in [0.29, 0.717) is 32.1 Å². The zero-order valence-corrected chi connectivity index (χ0v) is 14.1. The van der Waals surface area contributed by atoms with E-state index >= 15 is 0 Å². The molecule has 7 nitrogen and oxygen atoms in total. The number of anilines is 1. The third-order valence-corrected chi connectivity index (χ3v) is 3.94. The summed E-state index contributed by atoms with van der Waals surface area (Å²) in [6.45, 7) is 2.86. The summed E-state index contributed by atoms with van der Waals surface area (Å²) in [5.74, 6) is -1.01. The first kappa shape index (κ1) is 17.8. The Morgan fingerprint density at radius 2 is 1.85 bits per heavy atom. The van der Waals surface area contributed by atoms with Crippen molar-refractivity contribution < 1.29 is 18.3 Å². The Morgan fingerprint density at radius 1 is 1.12 bits per heavy atom. The number of carbonyl (C=O) groups is 1. The minimum Gasteiger partial charge on any atom is -0.492 e. The smallest absolute Gasteiger partial charge is 0.317 e. The molecular formula is C17H19F2N5O2. The van der Waals surface area contributed by atoms with Crippen LogP contribution in [0.5, 0.6) is 5.75 Å². The quantitative estimate of drug-likeness (QED) is 0.819. The van der Waals surface area contributed by atoms with E-state index in [2.05, 4.69) is 15.3 Å². The topological polar surface area (TPSA) is 70.6 Å². The van der Waals surface area contributed by atoms with Gasteiger partial charge in [-0.1, -0.05) is 0 Å². The lowest BCUT2D eigenvalue weighted by Gasteiger charge is -2.34. The van der Waals surface area contributed by atoms with Crippen LogP contribution < -0.4 is 15.0 Å². The van der Waals surface area contributed by atoms with E-state index in [9.17, 15) is 13.6 Å². The van der Waals surface area contributed by atoms with Crippen LogP contribution in [0.1, 0.15) is 0 Å². The Labute approximate surface area is 149 Å². The summed E-state index contributed by atoms with van der Waals surface area (Å²) in [6.07, 6.45) is 3.38. The average molecular weight is 363 g/mol. The van der Waals surface area contributed by atoms with Crippen LogP contribution in [0.15, 0.2) is 36.7 Å². The third kappa shape index (κ3) is 4.56. The van der Waals surface area contributed by atoms with Crippen LogP contribution in [0, 0.1) is 11.6 Å². The van der Waals surface area contributed by atoms with Gasteiger partial charge >= 0.3 is 6.03 Å². The van der Waals surface area contributed by atoms with Gasteiger partial charge in [-0.05, 0) is 18.2 Å². The van der Waals surface area contributed by atoms with E-state index in [1.807, 2.05) is 4.90 Å². The Kier molecular flexibility index (Phi) is 5.77. The zero-order valence-electron chi connectivity index (χ0n) is 14.1. The summed E-state index contributed by atoms with van der Waals surface area (Å²) in [7, 11) is 0. The van der Waals surface area contributed by atoms with E-state index in [-0.39, 0.29) is 24.9 Å². The maximum atomic E-state index is 13.1. The first-order valence-electron chi connectivity index (χ1n) is 8.26. The highest BCUT2D eigenvalue weighted by Gasteiger charge is 2.22. The highest BCUT2D eigenvalue weighted by molar-refractivity contribution is 5.74. The SMILES string of the molecule is O=C(NCCOc1ccc(F)c(F)c1)N1CCN(c2ncccn2)CC1. The molecule has 138 valence electrons. The molecular weight excluding hydrogens is 344 g/mol. The first-order chi connectivity index (χ1) is 12.6. The van der Waals surface area contributed by atoms with Gasteiger partial charge in [-0.2, -0.15) is 0 Å². The normalized spacial score (nSPS) is 14.2. The summed E-state index contributed by atoms with van der Waals surface area (Å²) in [6, 6.07) is 4.88.